The van der Waals surface area contributed by atoms with Crippen LogP contribution in [0, 0.1) is 6.92 Å². The average Bonchev–Trinajstić information content (AvgIpc) is 2.83. The van der Waals surface area contributed by atoms with Gasteiger partial charge >= 0.3 is 0 Å². The molecule has 0 fully saturated rings. The second-order valence-electron chi connectivity index (χ2n) is 4.21. The van der Waals surface area contributed by atoms with Crippen molar-refractivity contribution in [1.82, 2.24) is 9.55 Å². The first-order valence-corrected chi connectivity index (χ1v) is 5.83. The molecule has 0 aliphatic carbocycles. The Balaban J connectivity index is 2.55. The molecule has 2 aromatic rings. The maximum absolute atomic E-state index is 12.5. The third kappa shape index (κ3) is 2.31. The summed E-state index contributed by atoms with van der Waals surface area (Å²) in [6.45, 7) is 1.90. The lowest BCUT2D eigenvalue weighted by atomic mass is 10.1. The van der Waals surface area contributed by atoms with Gasteiger partial charge in [-0.3, -0.25) is 4.79 Å². The van der Waals surface area contributed by atoms with E-state index in [0.717, 1.165) is 5.56 Å². The number of carbonyl (C=O) groups is 1. The van der Waals surface area contributed by atoms with E-state index in [9.17, 15) is 4.79 Å². The normalized spacial score (nSPS) is 10.3. The minimum absolute atomic E-state index is 0.192. The zero-order chi connectivity index (χ0) is 14.0. The molecular formula is C14H16N2O3. The molecule has 1 aromatic heterocycles. The van der Waals surface area contributed by atoms with Gasteiger partial charge in [-0.25, -0.2) is 4.98 Å². The summed E-state index contributed by atoms with van der Waals surface area (Å²) in [6.07, 6.45) is 3.32. The average molecular weight is 260 g/mol. The van der Waals surface area contributed by atoms with E-state index in [2.05, 4.69) is 4.98 Å². The number of ether oxygens (including phenoxy) is 2. The number of aryl methyl sites for hydroxylation is 2. The molecule has 0 spiro atoms. The number of rotatable bonds is 4. The van der Waals surface area contributed by atoms with Crippen molar-refractivity contribution < 1.29 is 14.3 Å². The molecule has 0 saturated carbocycles. The lowest BCUT2D eigenvalue weighted by Crippen LogP contribution is -2.10. The molecule has 5 nitrogen and oxygen atoms in total. The zero-order valence-electron chi connectivity index (χ0n) is 11.4. The number of benzene rings is 1. The molecule has 0 aliphatic heterocycles. The van der Waals surface area contributed by atoms with E-state index in [1.54, 1.807) is 43.3 Å². The van der Waals surface area contributed by atoms with E-state index in [4.69, 9.17) is 9.47 Å². The van der Waals surface area contributed by atoms with Gasteiger partial charge in [0.15, 0.2) is 5.82 Å². The van der Waals surface area contributed by atoms with Crippen molar-refractivity contribution in [2.24, 2.45) is 7.05 Å². The van der Waals surface area contributed by atoms with Crippen LogP contribution in [0.4, 0.5) is 0 Å². The number of imidazole rings is 1. The molecule has 1 aromatic carbocycles. The molecule has 100 valence electrons. The monoisotopic (exact) mass is 260 g/mol. The number of hydrogen-bond donors (Lipinski definition) is 0. The van der Waals surface area contributed by atoms with Crippen LogP contribution in [0.3, 0.4) is 0 Å². The van der Waals surface area contributed by atoms with Crippen LogP contribution in [-0.2, 0) is 7.05 Å². The van der Waals surface area contributed by atoms with Gasteiger partial charge in [-0.2, -0.15) is 0 Å². The van der Waals surface area contributed by atoms with Crippen molar-refractivity contribution in [2.45, 2.75) is 6.92 Å². The third-order valence-corrected chi connectivity index (χ3v) is 2.99. The van der Waals surface area contributed by atoms with Crippen molar-refractivity contribution in [3.8, 4) is 11.5 Å². The molecule has 0 saturated heterocycles. The Morgan fingerprint density at radius 3 is 2.42 bits per heavy atom. The van der Waals surface area contributed by atoms with Crippen molar-refractivity contribution in [3.05, 3.63) is 41.5 Å². The van der Waals surface area contributed by atoms with E-state index in [-0.39, 0.29) is 5.78 Å². The topological polar surface area (TPSA) is 53.3 Å². The van der Waals surface area contributed by atoms with Gasteiger partial charge in [-0.15, -0.1) is 0 Å². The lowest BCUT2D eigenvalue weighted by Gasteiger charge is -2.12. The van der Waals surface area contributed by atoms with Crippen molar-refractivity contribution in [2.75, 3.05) is 14.2 Å². The van der Waals surface area contributed by atoms with Crippen molar-refractivity contribution >= 4 is 5.78 Å². The molecule has 0 radical (unpaired) electrons. The van der Waals surface area contributed by atoms with Crippen molar-refractivity contribution in [1.29, 1.82) is 0 Å². The van der Waals surface area contributed by atoms with Crippen LogP contribution in [0.2, 0.25) is 0 Å². The molecule has 5 heteroatoms. The predicted molar refractivity (Wildman–Crippen MR) is 70.9 cm³/mol. The fraction of sp³-hybridized carbons (Fsp3) is 0.286. The van der Waals surface area contributed by atoms with Gasteiger partial charge in [0.1, 0.15) is 11.5 Å². The number of methoxy groups -OCH3 is 2. The zero-order valence-corrected chi connectivity index (χ0v) is 11.4. The van der Waals surface area contributed by atoms with E-state index in [0.29, 0.717) is 22.9 Å². The molecule has 2 rings (SSSR count). The molecule has 1 heterocycles. The minimum atomic E-state index is -0.192. The fourth-order valence-corrected chi connectivity index (χ4v) is 1.93. The van der Waals surface area contributed by atoms with Crippen molar-refractivity contribution in [3.63, 3.8) is 0 Å². The first kappa shape index (κ1) is 13.1. The molecule has 0 aliphatic rings. The molecule has 19 heavy (non-hydrogen) atoms. The van der Waals surface area contributed by atoms with Gasteiger partial charge in [-0.1, -0.05) is 0 Å². The van der Waals surface area contributed by atoms with E-state index >= 15 is 0 Å². The van der Waals surface area contributed by atoms with E-state index in [1.807, 2.05) is 6.92 Å². The Morgan fingerprint density at radius 1 is 1.21 bits per heavy atom. The molecule has 0 bridgehead atoms. The second-order valence-corrected chi connectivity index (χ2v) is 4.21. The summed E-state index contributed by atoms with van der Waals surface area (Å²) in [7, 11) is 4.89. The Labute approximate surface area is 111 Å². The Kier molecular flexibility index (Phi) is 3.55. The van der Waals surface area contributed by atoms with Crippen LogP contribution in [0.25, 0.3) is 0 Å². The summed E-state index contributed by atoms with van der Waals surface area (Å²) in [5.41, 5.74) is 1.36. The highest BCUT2D eigenvalue weighted by Crippen LogP contribution is 2.29. The van der Waals surface area contributed by atoms with Gasteiger partial charge in [0.25, 0.3) is 0 Å². The maximum atomic E-state index is 12.5. The number of ketones is 1. The van der Waals surface area contributed by atoms with E-state index < -0.39 is 0 Å². The summed E-state index contributed by atoms with van der Waals surface area (Å²) < 4.78 is 12.2. The Morgan fingerprint density at radius 2 is 1.89 bits per heavy atom. The second kappa shape index (κ2) is 5.14. The first-order chi connectivity index (χ1) is 9.08. The minimum Gasteiger partial charge on any atom is -0.496 e. The van der Waals surface area contributed by atoms with Crippen LogP contribution in [0.15, 0.2) is 24.5 Å². The number of hydrogen-bond acceptors (Lipinski definition) is 4. The maximum Gasteiger partial charge on any atom is 0.232 e. The summed E-state index contributed by atoms with van der Waals surface area (Å²) >= 11 is 0. The number of aromatic nitrogens is 2. The summed E-state index contributed by atoms with van der Waals surface area (Å²) in [5.74, 6) is 1.34. The van der Waals surface area contributed by atoms with Crippen LogP contribution in [-0.4, -0.2) is 29.6 Å². The number of nitrogens with zero attached hydrogens (tertiary/aromatic N) is 2. The van der Waals surface area contributed by atoms with Gasteiger partial charge in [0, 0.05) is 19.4 Å². The largest absolute Gasteiger partial charge is 0.496 e. The first-order valence-electron chi connectivity index (χ1n) is 5.83. The Hall–Kier alpha value is -2.30. The lowest BCUT2D eigenvalue weighted by molar-refractivity contribution is 0.102. The third-order valence-electron chi connectivity index (χ3n) is 2.99. The Bertz CT molecular complexity index is 617. The summed E-state index contributed by atoms with van der Waals surface area (Å²) in [5, 5.41) is 0. The van der Waals surface area contributed by atoms with Crippen LogP contribution in [0.5, 0.6) is 11.5 Å². The molecule has 0 atom stereocenters. The van der Waals surface area contributed by atoms with E-state index in [1.165, 1.54) is 7.11 Å². The number of carbonyl (C=O) groups excluding carboxylic acids is 1. The van der Waals surface area contributed by atoms with Gasteiger partial charge < -0.3 is 14.0 Å². The molecule has 0 unspecified atom stereocenters. The van der Waals surface area contributed by atoms with Gasteiger partial charge in [0.05, 0.1) is 19.8 Å². The van der Waals surface area contributed by atoms with Gasteiger partial charge in [-0.05, 0) is 24.6 Å². The van der Waals surface area contributed by atoms with Crippen LogP contribution < -0.4 is 9.47 Å². The summed E-state index contributed by atoms with van der Waals surface area (Å²) in [4.78, 5) is 16.5. The highest BCUT2D eigenvalue weighted by Gasteiger charge is 2.20. The SMILES string of the molecule is COc1cc(C(=O)c2nccn2C)c(OC)cc1C. The highest BCUT2D eigenvalue weighted by atomic mass is 16.5. The highest BCUT2D eigenvalue weighted by molar-refractivity contribution is 6.09. The fourth-order valence-electron chi connectivity index (χ4n) is 1.93. The van der Waals surface area contributed by atoms with Crippen LogP contribution >= 0.6 is 0 Å². The van der Waals surface area contributed by atoms with Gasteiger partial charge in [0.2, 0.25) is 5.78 Å². The summed E-state index contributed by atoms with van der Waals surface area (Å²) in [6, 6.07) is 3.47. The molecule has 0 amide bonds. The predicted octanol–water partition coefficient (Wildman–Crippen LogP) is 1.98. The smallest absolute Gasteiger partial charge is 0.232 e. The standard InChI is InChI=1S/C14H16N2O3/c1-9-7-12(19-4)10(8-11(9)18-3)13(17)14-15-5-6-16(14)2/h5-8H,1-4H3. The van der Waals surface area contributed by atoms with Crippen LogP contribution in [0.1, 0.15) is 21.7 Å². The quantitative estimate of drug-likeness (QED) is 0.789. The molecule has 0 N–H and O–H groups in total. The molecular weight excluding hydrogens is 244 g/mol.